The molecule has 0 aromatic heterocycles. The number of hydrogen-bond acceptors (Lipinski definition) is 7. The third kappa shape index (κ3) is 3.75. The van der Waals surface area contributed by atoms with Crippen LogP contribution in [0.25, 0.3) is 0 Å². The molecule has 0 N–H and O–H groups in total. The first-order chi connectivity index (χ1) is 11.7. The van der Waals surface area contributed by atoms with Crippen LogP contribution in [0.2, 0.25) is 0 Å². The second-order valence-corrected chi connectivity index (χ2v) is 6.49. The average molecular weight is 349 g/mol. The molecule has 0 saturated heterocycles. The minimum Gasteiger partial charge on any atom is -0.497 e. The predicted molar refractivity (Wildman–Crippen MR) is 90.5 cm³/mol. The molecule has 2 atom stereocenters. The van der Waals surface area contributed by atoms with E-state index in [1.54, 1.807) is 52.0 Å². The van der Waals surface area contributed by atoms with Gasteiger partial charge in [0.2, 0.25) is 6.04 Å². The van der Waals surface area contributed by atoms with Crippen LogP contribution in [-0.2, 0) is 29.4 Å². The summed E-state index contributed by atoms with van der Waals surface area (Å²) in [7, 11) is 1.54. The van der Waals surface area contributed by atoms with E-state index in [2.05, 4.69) is 4.99 Å². The fraction of sp³-hybridized carbons (Fsp3) is 0.500. The van der Waals surface area contributed by atoms with Crippen molar-refractivity contribution in [2.45, 2.75) is 44.9 Å². The van der Waals surface area contributed by atoms with Crippen LogP contribution >= 0.6 is 0 Å². The number of hydrogen-bond donors (Lipinski definition) is 0. The molecule has 0 unspecified atom stereocenters. The molecule has 2 rings (SSSR count). The Kier molecular flexibility index (Phi) is 5.35. The molecule has 1 heterocycles. The Morgan fingerprint density at radius 1 is 1.24 bits per heavy atom. The topological polar surface area (TPSA) is 83.4 Å². The van der Waals surface area contributed by atoms with Gasteiger partial charge in [-0.3, -0.25) is 0 Å². The first-order valence-corrected chi connectivity index (χ1v) is 7.98. The summed E-state index contributed by atoms with van der Waals surface area (Å²) < 4.78 is 21.3. The molecular weight excluding hydrogens is 326 g/mol. The molecule has 0 bridgehead atoms. The number of benzene rings is 1. The third-order valence-electron chi connectivity index (χ3n) is 3.56. The highest BCUT2D eigenvalue weighted by Gasteiger charge is 2.58. The molecule has 0 fully saturated rings. The van der Waals surface area contributed by atoms with E-state index in [1.807, 2.05) is 0 Å². The molecule has 7 nitrogen and oxygen atoms in total. The van der Waals surface area contributed by atoms with E-state index < -0.39 is 29.2 Å². The van der Waals surface area contributed by atoms with Crippen molar-refractivity contribution < 1.29 is 28.5 Å². The van der Waals surface area contributed by atoms with Crippen LogP contribution < -0.4 is 4.74 Å². The Balaban J connectivity index is 2.47. The number of carbonyl (C=O) groups is 2. The molecule has 1 aromatic carbocycles. The number of carbonyl (C=O) groups excluding carboxylic acids is 2. The second-order valence-electron chi connectivity index (χ2n) is 6.49. The van der Waals surface area contributed by atoms with Gasteiger partial charge in [-0.05, 0) is 39.8 Å². The Morgan fingerprint density at radius 3 is 2.40 bits per heavy atom. The van der Waals surface area contributed by atoms with E-state index in [1.165, 1.54) is 7.11 Å². The van der Waals surface area contributed by atoms with Crippen LogP contribution in [-0.4, -0.2) is 43.7 Å². The molecular formula is C18H23NO6. The molecule has 1 aliphatic rings. The lowest BCUT2D eigenvalue weighted by molar-refractivity contribution is -0.175. The zero-order valence-corrected chi connectivity index (χ0v) is 15.1. The number of aliphatic imine (C=N–C) groups is 1. The molecule has 1 aliphatic heterocycles. The molecule has 0 aliphatic carbocycles. The number of rotatable bonds is 5. The van der Waals surface area contributed by atoms with Gasteiger partial charge in [-0.15, -0.1) is 0 Å². The quantitative estimate of drug-likeness (QED) is 0.758. The summed E-state index contributed by atoms with van der Waals surface area (Å²) in [5, 5.41) is 0. The SMILES string of the molecule is CCOC(=O)[C@]1(c2ccc(OC)cc2)OC=N[C@@H]1C(=O)OC(C)(C)C. The standard InChI is InChI=1S/C18H23NO6/c1-6-23-16(21)18(12-7-9-13(22-5)10-8-12)14(19-11-24-18)15(20)25-17(2,3)4/h7-11,14H,6H2,1-5H3/t14-,18-/m1/s1. The number of ether oxygens (including phenoxy) is 4. The third-order valence-corrected chi connectivity index (χ3v) is 3.56. The average Bonchev–Trinajstić information content (AvgIpc) is 3.00. The summed E-state index contributed by atoms with van der Waals surface area (Å²) in [5.41, 5.74) is -2.01. The second kappa shape index (κ2) is 7.13. The lowest BCUT2D eigenvalue weighted by Crippen LogP contribution is -2.51. The van der Waals surface area contributed by atoms with Gasteiger partial charge in [-0.2, -0.15) is 0 Å². The van der Waals surface area contributed by atoms with Crippen molar-refractivity contribution in [3.63, 3.8) is 0 Å². The van der Waals surface area contributed by atoms with Crippen LogP contribution in [0.3, 0.4) is 0 Å². The van der Waals surface area contributed by atoms with E-state index >= 15 is 0 Å². The van der Waals surface area contributed by atoms with E-state index in [0.717, 1.165) is 6.40 Å². The van der Waals surface area contributed by atoms with Crippen molar-refractivity contribution in [3.8, 4) is 5.75 Å². The summed E-state index contributed by atoms with van der Waals surface area (Å²) in [6.07, 6.45) is 1.09. The largest absolute Gasteiger partial charge is 0.497 e. The van der Waals surface area contributed by atoms with Crippen molar-refractivity contribution in [1.82, 2.24) is 0 Å². The first-order valence-electron chi connectivity index (χ1n) is 7.98. The predicted octanol–water partition coefficient (Wildman–Crippen LogP) is 2.22. The van der Waals surface area contributed by atoms with E-state index in [9.17, 15) is 9.59 Å². The van der Waals surface area contributed by atoms with Crippen LogP contribution in [0.1, 0.15) is 33.3 Å². The van der Waals surface area contributed by atoms with Gasteiger partial charge in [0.1, 0.15) is 11.4 Å². The van der Waals surface area contributed by atoms with Gasteiger partial charge in [0, 0.05) is 5.56 Å². The minimum absolute atomic E-state index is 0.140. The number of nitrogens with zero attached hydrogens (tertiary/aromatic N) is 1. The number of methoxy groups -OCH3 is 1. The van der Waals surface area contributed by atoms with Crippen molar-refractivity contribution in [1.29, 1.82) is 0 Å². The lowest BCUT2D eigenvalue weighted by atomic mass is 9.86. The highest BCUT2D eigenvalue weighted by atomic mass is 16.6. The normalized spacial score (nSPS) is 22.2. The van der Waals surface area contributed by atoms with Crippen molar-refractivity contribution in [2.75, 3.05) is 13.7 Å². The van der Waals surface area contributed by atoms with Crippen molar-refractivity contribution in [2.24, 2.45) is 4.99 Å². The fourth-order valence-corrected chi connectivity index (χ4v) is 2.51. The van der Waals surface area contributed by atoms with Gasteiger partial charge in [-0.25, -0.2) is 14.6 Å². The monoisotopic (exact) mass is 349 g/mol. The highest BCUT2D eigenvalue weighted by molar-refractivity contribution is 5.94. The first kappa shape index (κ1) is 18.8. The van der Waals surface area contributed by atoms with E-state index in [0.29, 0.717) is 11.3 Å². The zero-order valence-electron chi connectivity index (χ0n) is 15.1. The summed E-state index contributed by atoms with van der Waals surface area (Å²) in [4.78, 5) is 29.4. The lowest BCUT2D eigenvalue weighted by Gasteiger charge is -2.31. The molecule has 1 aromatic rings. The van der Waals surface area contributed by atoms with Gasteiger partial charge < -0.3 is 18.9 Å². The molecule has 0 spiro atoms. The van der Waals surface area contributed by atoms with Gasteiger partial charge in [0.15, 0.2) is 6.40 Å². The molecule has 0 amide bonds. The fourth-order valence-electron chi connectivity index (χ4n) is 2.51. The van der Waals surface area contributed by atoms with Crippen molar-refractivity contribution in [3.05, 3.63) is 29.8 Å². The number of esters is 2. The summed E-state index contributed by atoms with van der Waals surface area (Å²) in [5.74, 6) is -0.755. The van der Waals surface area contributed by atoms with Crippen molar-refractivity contribution >= 4 is 18.3 Å². The molecule has 0 saturated carbocycles. The minimum atomic E-state index is -1.72. The van der Waals surface area contributed by atoms with Gasteiger partial charge in [0.25, 0.3) is 5.60 Å². The molecule has 0 radical (unpaired) electrons. The molecule has 136 valence electrons. The summed E-state index contributed by atoms with van der Waals surface area (Å²) >= 11 is 0. The summed E-state index contributed by atoms with van der Waals surface area (Å²) in [6.45, 7) is 7.04. The highest BCUT2D eigenvalue weighted by Crippen LogP contribution is 2.38. The Hall–Kier alpha value is -2.57. The molecule has 7 heteroatoms. The maximum absolute atomic E-state index is 12.7. The summed E-state index contributed by atoms with van der Waals surface area (Å²) in [6, 6.07) is 5.43. The van der Waals surface area contributed by atoms with Gasteiger partial charge in [0.05, 0.1) is 13.7 Å². The zero-order chi connectivity index (χ0) is 18.7. The van der Waals surface area contributed by atoms with Crippen LogP contribution in [0.15, 0.2) is 29.3 Å². The maximum atomic E-state index is 12.7. The smallest absolute Gasteiger partial charge is 0.358 e. The maximum Gasteiger partial charge on any atom is 0.358 e. The Morgan fingerprint density at radius 2 is 1.88 bits per heavy atom. The van der Waals surface area contributed by atoms with Gasteiger partial charge >= 0.3 is 11.9 Å². The Labute approximate surface area is 146 Å². The van der Waals surface area contributed by atoms with Gasteiger partial charge in [-0.1, -0.05) is 12.1 Å². The van der Waals surface area contributed by atoms with E-state index in [-0.39, 0.29) is 6.61 Å². The van der Waals surface area contributed by atoms with Crippen LogP contribution in [0.5, 0.6) is 5.75 Å². The molecule has 25 heavy (non-hydrogen) atoms. The van der Waals surface area contributed by atoms with Crippen LogP contribution in [0.4, 0.5) is 0 Å². The van der Waals surface area contributed by atoms with E-state index in [4.69, 9.17) is 18.9 Å². The van der Waals surface area contributed by atoms with Crippen LogP contribution in [0, 0.1) is 0 Å². The Bertz CT molecular complexity index is 661.